The van der Waals surface area contributed by atoms with E-state index < -0.39 is 5.97 Å². The average molecular weight is 194 g/mol. The molecule has 3 N–H and O–H groups in total. The van der Waals surface area contributed by atoms with Gasteiger partial charge in [0.05, 0.1) is 0 Å². The molecule has 0 amide bonds. The molecule has 0 spiro atoms. The maximum Gasteiger partial charge on any atom is 0.328 e. The number of carboxylic acids is 1. The van der Waals surface area contributed by atoms with Crippen LogP contribution < -0.4 is 0 Å². The number of aryl methyl sites for hydroxylation is 1. The van der Waals surface area contributed by atoms with Gasteiger partial charge in [0.1, 0.15) is 11.5 Å². The zero-order chi connectivity index (χ0) is 10.7. The summed E-state index contributed by atoms with van der Waals surface area (Å²) in [5.74, 6) is -1.14. The Morgan fingerprint density at radius 3 is 2.57 bits per heavy atom. The molecule has 4 nitrogen and oxygen atoms in total. The Balaban J connectivity index is 3.14. The Kier molecular flexibility index (Phi) is 2.76. The summed E-state index contributed by atoms with van der Waals surface area (Å²) in [5.41, 5.74) is 0.778. The van der Waals surface area contributed by atoms with Crippen LogP contribution in [0.1, 0.15) is 11.1 Å². The minimum atomic E-state index is -1.11. The highest BCUT2D eigenvalue weighted by atomic mass is 16.4. The van der Waals surface area contributed by atoms with E-state index in [1.165, 1.54) is 18.2 Å². The molecule has 0 saturated carbocycles. The molecule has 1 aromatic rings. The van der Waals surface area contributed by atoms with E-state index in [2.05, 4.69) is 0 Å². The molecule has 74 valence electrons. The van der Waals surface area contributed by atoms with Crippen LogP contribution >= 0.6 is 0 Å². The molecule has 0 radical (unpaired) electrons. The first-order valence-corrected chi connectivity index (χ1v) is 3.94. The summed E-state index contributed by atoms with van der Waals surface area (Å²) in [7, 11) is 0. The Morgan fingerprint density at radius 2 is 2.00 bits per heavy atom. The van der Waals surface area contributed by atoms with Gasteiger partial charge in [0.2, 0.25) is 0 Å². The lowest BCUT2D eigenvalue weighted by Crippen LogP contribution is -1.86. The van der Waals surface area contributed by atoms with E-state index in [1.807, 2.05) is 0 Å². The van der Waals surface area contributed by atoms with Crippen LogP contribution in [0.25, 0.3) is 6.08 Å². The van der Waals surface area contributed by atoms with Crippen molar-refractivity contribution in [3.8, 4) is 11.5 Å². The Hall–Kier alpha value is -1.97. The SMILES string of the molecule is Cc1cc(O)cc(/C=C/C(=O)O)c1O. The fourth-order valence-corrected chi connectivity index (χ4v) is 1.08. The topological polar surface area (TPSA) is 77.8 Å². The van der Waals surface area contributed by atoms with Gasteiger partial charge in [-0.3, -0.25) is 0 Å². The first-order valence-electron chi connectivity index (χ1n) is 3.94. The number of rotatable bonds is 2. The second-order valence-corrected chi connectivity index (χ2v) is 2.87. The molecule has 0 aromatic heterocycles. The van der Waals surface area contributed by atoms with Crippen molar-refractivity contribution in [2.24, 2.45) is 0 Å². The summed E-state index contributed by atoms with van der Waals surface area (Å²) in [6.07, 6.45) is 2.12. The van der Waals surface area contributed by atoms with E-state index >= 15 is 0 Å². The summed E-state index contributed by atoms with van der Waals surface area (Å²) >= 11 is 0. The Labute approximate surface area is 80.7 Å². The minimum absolute atomic E-state index is 0.00895. The van der Waals surface area contributed by atoms with Gasteiger partial charge in [0.25, 0.3) is 0 Å². The molecule has 0 unspecified atom stereocenters. The van der Waals surface area contributed by atoms with E-state index in [1.54, 1.807) is 6.92 Å². The number of carbonyl (C=O) groups is 1. The molecule has 0 bridgehead atoms. The van der Waals surface area contributed by atoms with Gasteiger partial charge in [-0.25, -0.2) is 4.79 Å². The van der Waals surface area contributed by atoms with Crippen LogP contribution in [0.2, 0.25) is 0 Å². The van der Waals surface area contributed by atoms with Crippen LogP contribution in [-0.2, 0) is 4.79 Å². The van der Waals surface area contributed by atoms with Crippen molar-refractivity contribution in [3.63, 3.8) is 0 Å². The number of carboxylic acid groups (broad SMARTS) is 1. The second-order valence-electron chi connectivity index (χ2n) is 2.87. The van der Waals surface area contributed by atoms with Crippen molar-refractivity contribution in [2.75, 3.05) is 0 Å². The molecular weight excluding hydrogens is 184 g/mol. The molecule has 0 saturated heterocycles. The highest BCUT2D eigenvalue weighted by molar-refractivity contribution is 5.86. The highest BCUT2D eigenvalue weighted by Gasteiger charge is 2.03. The van der Waals surface area contributed by atoms with Crippen LogP contribution in [0.5, 0.6) is 11.5 Å². The van der Waals surface area contributed by atoms with Crippen molar-refractivity contribution < 1.29 is 20.1 Å². The third-order valence-electron chi connectivity index (χ3n) is 1.72. The summed E-state index contributed by atoms with van der Waals surface area (Å²) < 4.78 is 0. The molecule has 1 aromatic carbocycles. The second kappa shape index (κ2) is 3.83. The lowest BCUT2D eigenvalue weighted by atomic mass is 10.1. The van der Waals surface area contributed by atoms with Crippen LogP contribution in [0, 0.1) is 6.92 Å². The molecule has 0 aliphatic heterocycles. The third-order valence-corrected chi connectivity index (χ3v) is 1.72. The number of aromatic hydroxyl groups is 2. The van der Waals surface area contributed by atoms with Gasteiger partial charge in [-0.2, -0.15) is 0 Å². The van der Waals surface area contributed by atoms with Crippen LogP contribution in [0.3, 0.4) is 0 Å². The largest absolute Gasteiger partial charge is 0.508 e. The number of aliphatic carboxylic acids is 1. The fourth-order valence-electron chi connectivity index (χ4n) is 1.08. The maximum absolute atomic E-state index is 10.2. The van der Waals surface area contributed by atoms with E-state index in [0.29, 0.717) is 5.56 Å². The zero-order valence-electron chi connectivity index (χ0n) is 7.56. The fraction of sp³-hybridized carbons (Fsp3) is 0.100. The maximum atomic E-state index is 10.2. The third kappa shape index (κ3) is 2.26. The first kappa shape index (κ1) is 10.1. The van der Waals surface area contributed by atoms with Gasteiger partial charge < -0.3 is 15.3 Å². The molecule has 4 heteroatoms. The molecular formula is C10H10O4. The number of phenolic OH excluding ortho intramolecular Hbond substituents is 2. The monoisotopic (exact) mass is 194 g/mol. The van der Waals surface area contributed by atoms with Gasteiger partial charge in [-0.1, -0.05) is 0 Å². The summed E-state index contributed by atoms with van der Waals surface area (Å²) in [6.45, 7) is 1.62. The van der Waals surface area contributed by atoms with Gasteiger partial charge in [0, 0.05) is 11.6 Å². The van der Waals surface area contributed by atoms with Crippen molar-refractivity contribution >= 4 is 12.0 Å². The van der Waals surface area contributed by atoms with Gasteiger partial charge >= 0.3 is 5.97 Å². The van der Waals surface area contributed by atoms with E-state index in [-0.39, 0.29) is 17.1 Å². The smallest absolute Gasteiger partial charge is 0.328 e. The average Bonchev–Trinajstić information content (AvgIpc) is 2.08. The predicted octanol–water partition coefficient (Wildman–Crippen LogP) is 1.50. The number of benzene rings is 1. The molecule has 0 heterocycles. The van der Waals surface area contributed by atoms with Gasteiger partial charge in [0.15, 0.2) is 0 Å². The molecule has 0 fully saturated rings. The van der Waals surface area contributed by atoms with Crippen molar-refractivity contribution in [1.82, 2.24) is 0 Å². The first-order chi connectivity index (χ1) is 6.50. The van der Waals surface area contributed by atoms with E-state index in [9.17, 15) is 15.0 Å². The molecule has 1 rings (SSSR count). The van der Waals surface area contributed by atoms with Crippen molar-refractivity contribution in [2.45, 2.75) is 6.92 Å². The summed E-state index contributed by atoms with van der Waals surface area (Å²) in [6, 6.07) is 2.69. The Bertz CT molecular complexity index is 393. The van der Waals surface area contributed by atoms with E-state index in [0.717, 1.165) is 6.08 Å². The normalized spacial score (nSPS) is 10.6. The van der Waals surface area contributed by atoms with Crippen molar-refractivity contribution in [3.05, 3.63) is 29.3 Å². The van der Waals surface area contributed by atoms with E-state index in [4.69, 9.17) is 5.11 Å². The molecule has 14 heavy (non-hydrogen) atoms. The van der Waals surface area contributed by atoms with Gasteiger partial charge in [-0.15, -0.1) is 0 Å². The standard InChI is InChI=1S/C10H10O4/c1-6-4-8(11)5-7(10(6)14)2-3-9(12)13/h2-5,11,14H,1H3,(H,12,13)/b3-2+. The number of phenols is 2. The quantitative estimate of drug-likeness (QED) is 0.492. The highest BCUT2D eigenvalue weighted by Crippen LogP contribution is 2.27. The summed E-state index contributed by atoms with van der Waals surface area (Å²) in [5, 5.41) is 27.0. The predicted molar refractivity (Wildman–Crippen MR) is 51.2 cm³/mol. The minimum Gasteiger partial charge on any atom is -0.508 e. The lowest BCUT2D eigenvalue weighted by molar-refractivity contribution is -0.131. The van der Waals surface area contributed by atoms with Crippen LogP contribution in [-0.4, -0.2) is 21.3 Å². The van der Waals surface area contributed by atoms with Crippen molar-refractivity contribution in [1.29, 1.82) is 0 Å². The van der Waals surface area contributed by atoms with Crippen LogP contribution in [0.15, 0.2) is 18.2 Å². The van der Waals surface area contributed by atoms with Gasteiger partial charge in [-0.05, 0) is 30.7 Å². The Morgan fingerprint density at radius 1 is 1.36 bits per heavy atom. The number of hydrogen-bond acceptors (Lipinski definition) is 3. The lowest BCUT2D eigenvalue weighted by Gasteiger charge is -2.03. The molecule has 0 aliphatic rings. The van der Waals surface area contributed by atoms with Crippen LogP contribution in [0.4, 0.5) is 0 Å². The molecule has 0 aliphatic carbocycles. The zero-order valence-corrected chi connectivity index (χ0v) is 7.56. The number of hydrogen-bond donors (Lipinski definition) is 3. The summed E-state index contributed by atoms with van der Waals surface area (Å²) in [4.78, 5) is 10.2. The molecule has 0 atom stereocenters.